The average Bonchev–Trinajstić information content (AvgIpc) is 2.48. The molecule has 3 heteroatoms. The Morgan fingerprint density at radius 1 is 0.950 bits per heavy atom. The molecular weight excluding hydrogens is 250 g/mol. The van der Waals surface area contributed by atoms with E-state index in [-0.39, 0.29) is 5.48 Å². The Kier molecular flexibility index (Phi) is 4.33. The Bertz CT molecular complexity index is 687. The van der Waals surface area contributed by atoms with Gasteiger partial charge in [-0.05, 0) is 29.1 Å². The highest BCUT2D eigenvalue weighted by Gasteiger charge is 2.03. The lowest BCUT2D eigenvalue weighted by Gasteiger charge is -2.06. The van der Waals surface area contributed by atoms with E-state index in [2.05, 4.69) is 41.4 Å². The first-order chi connectivity index (χ1) is 9.36. The van der Waals surface area contributed by atoms with E-state index in [0.717, 1.165) is 17.9 Å². The number of methoxy groups -OCH3 is 1. The number of pyridine rings is 1. The van der Waals surface area contributed by atoms with Crippen molar-refractivity contribution in [2.75, 3.05) is 7.11 Å². The van der Waals surface area contributed by atoms with Gasteiger partial charge in [0.25, 0.3) is 0 Å². The molecule has 0 radical (unpaired) electrons. The monoisotopic (exact) mass is 267 g/mol. The van der Waals surface area contributed by atoms with Gasteiger partial charge in [0.1, 0.15) is 5.75 Å². The zero-order valence-corrected chi connectivity index (χ0v) is 11.3. The Morgan fingerprint density at radius 2 is 1.70 bits per heavy atom. The molecular formula is C17H17NO2. The molecule has 0 saturated heterocycles. The Hall–Kier alpha value is -2.39. The highest BCUT2D eigenvalue weighted by molar-refractivity contribution is 5.84. The summed E-state index contributed by atoms with van der Waals surface area (Å²) in [5, 5.41) is 2.46. The Labute approximate surface area is 118 Å². The molecule has 0 spiro atoms. The van der Waals surface area contributed by atoms with E-state index >= 15 is 0 Å². The second kappa shape index (κ2) is 6.17. The molecule has 0 unspecified atom stereocenters. The van der Waals surface area contributed by atoms with Crippen LogP contribution in [0, 0.1) is 0 Å². The van der Waals surface area contributed by atoms with Crippen LogP contribution in [0.25, 0.3) is 10.8 Å². The van der Waals surface area contributed by atoms with E-state index in [9.17, 15) is 0 Å². The number of rotatable bonds is 3. The molecule has 0 aliphatic rings. The topological polar surface area (TPSA) is 53.6 Å². The fraction of sp³-hybridized carbons (Fsp3) is 0.118. The second-order valence-electron chi connectivity index (χ2n) is 4.50. The van der Waals surface area contributed by atoms with Crippen LogP contribution in [0.2, 0.25) is 0 Å². The van der Waals surface area contributed by atoms with Crippen LogP contribution in [-0.4, -0.2) is 17.6 Å². The predicted octanol–water partition coefficient (Wildman–Crippen LogP) is 3.01. The van der Waals surface area contributed by atoms with Gasteiger partial charge in [-0.25, -0.2) is 0 Å². The van der Waals surface area contributed by atoms with Gasteiger partial charge in [0, 0.05) is 18.0 Å². The van der Waals surface area contributed by atoms with Crippen molar-refractivity contribution in [1.29, 1.82) is 0 Å². The van der Waals surface area contributed by atoms with Crippen molar-refractivity contribution in [3.8, 4) is 5.75 Å². The third-order valence-corrected chi connectivity index (χ3v) is 3.29. The van der Waals surface area contributed by atoms with Crippen molar-refractivity contribution in [2.45, 2.75) is 6.42 Å². The van der Waals surface area contributed by atoms with Crippen LogP contribution in [0.4, 0.5) is 0 Å². The number of fused-ring (bicyclic) bond motifs is 1. The van der Waals surface area contributed by atoms with Crippen LogP contribution >= 0.6 is 0 Å². The van der Waals surface area contributed by atoms with Gasteiger partial charge in [-0.15, -0.1) is 0 Å². The third kappa shape index (κ3) is 2.78. The standard InChI is InChI=1S/C17H15NO.H2O/c1-19-15-8-6-13(7-9-15)12-17-16-5-3-2-4-14(16)10-11-18-17;/h2-11H,12H2,1H3;1H2. The van der Waals surface area contributed by atoms with E-state index < -0.39 is 0 Å². The molecule has 0 bridgehead atoms. The van der Waals surface area contributed by atoms with Crippen molar-refractivity contribution in [3.05, 3.63) is 72.1 Å². The van der Waals surface area contributed by atoms with Gasteiger partial charge in [-0.3, -0.25) is 4.98 Å². The van der Waals surface area contributed by atoms with E-state index in [4.69, 9.17) is 4.74 Å². The quantitative estimate of drug-likeness (QED) is 0.732. The normalized spacial score (nSPS) is 10.1. The molecule has 0 aliphatic heterocycles. The number of hydrogen-bond donors (Lipinski definition) is 0. The number of nitrogens with zero attached hydrogens (tertiary/aromatic N) is 1. The zero-order chi connectivity index (χ0) is 13.1. The van der Waals surface area contributed by atoms with Crippen molar-refractivity contribution in [2.24, 2.45) is 0 Å². The van der Waals surface area contributed by atoms with Crippen molar-refractivity contribution >= 4 is 10.8 Å². The molecule has 1 heterocycles. The van der Waals surface area contributed by atoms with Gasteiger partial charge < -0.3 is 10.2 Å². The summed E-state index contributed by atoms with van der Waals surface area (Å²) < 4.78 is 5.17. The maximum absolute atomic E-state index is 5.17. The third-order valence-electron chi connectivity index (χ3n) is 3.29. The molecule has 2 aromatic carbocycles. The maximum Gasteiger partial charge on any atom is 0.118 e. The lowest BCUT2D eigenvalue weighted by Crippen LogP contribution is -1.93. The molecule has 0 saturated carbocycles. The average molecular weight is 267 g/mol. The maximum atomic E-state index is 5.17. The van der Waals surface area contributed by atoms with Crippen LogP contribution in [0.15, 0.2) is 60.8 Å². The summed E-state index contributed by atoms with van der Waals surface area (Å²) in [5.41, 5.74) is 2.35. The molecule has 3 nitrogen and oxygen atoms in total. The van der Waals surface area contributed by atoms with Crippen LogP contribution in [0.5, 0.6) is 5.75 Å². The van der Waals surface area contributed by atoms with Crippen LogP contribution in [-0.2, 0) is 6.42 Å². The largest absolute Gasteiger partial charge is 0.497 e. The first-order valence-electron chi connectivity index (χ1n) is 6.32. The molecule has 0 atom stereocenters. The van der Waals surface area contributed by atoms with E-state index in [0.29, 0.717) is 0 Å². The second-order valence-corrected chi connectivity index (χ2v) is 4.50. The molecule has 0 fully saturated rings. The van der Waals surface area contributed by atoms with Crippen LogP contribution in [0.3, 0.4) is 0 Å². The Balaban J connectivity index is 0.00000147. The lowest BCUT2D eigenvalue weighted by molar-refractivity contribution is 0.414. The minimum atomic E-state index is 0. The minimum absolute atomic E-state index is 0. The summed E-state index contributed by atoms with van der Waals surface area (Å²) in [6.07, 6.45) is 2.71. The highest BCUT2D eigenvalue weighted by atomic mass is 16.5. The summed E-state index contributed by atoms with van der Waals surface area (Å²) in [5.74, 6) is 0.884. The van der Waals surface area contributed by atoms with Gasteiger partial charge in [0.2, 0.25) is 0 Å². The Morgan fingerprint density at radius 3 is 2.45 bits per heavy atom. The molecule has 20 heavy (non-hydrogen) atoms. The molecule has 3 rings (SSSR count). The van der Waals surface area contributed by atoms with Gasteiger partial charge >= 0.3 is 0 Å². The van der Waals surface area contributed by atoms with Gasteiger partial charge in [0.05, 0.1) is 12.8 Å². The van der Waals surface area contributed by atoms with Crippen LogP contribution in [0.1, 0.15) is 11.3 Å². The predicted molar refractivity (Wildman–Crippen MR) is 81.2 cm³/mol. The van der Waals surface area contributed by atoms with Gasteiger partial charge in [-0.2, -0.15) is 0 Å². The number of ether oxygens (including phenoxy) is 1. The van der Waals surface area contributed by atoms with Crippen molar-refractivity contribution < 1.29 is 10.2 Å². The van der Waals surface area contributed by atoms with Gasteiger partial charge in [-0.1, -0.05) is 36.4 Å². The summed E-state index contributed by atoms with van der Waals surface area (Å²) in [4.78, 5) is 4.51. The minimum Gasteiger partial charge on any atom is -0.497 e. The fourth-order valence-electron chi connectivity index (χ4n) is 2.26. The number of aromatic nitrogens is 1. The van der Waals surface area contributed by atoms with E-state index in [1.807, 2.05) is 24.4 Å². The lowest BCUT2D eigenvalue weighted by atomic mass is 10.0. The van der Waals surface area contributed by atoms with E-state index in [1.165, 1.54) is 16.3 Å². The molecule has 2 N–H and O–H groups in total. The fourth-order valence-corrected chi connectivity index (χ4v) is 2.26. The van der Waals surface area contributed by atoms with Crippen molar-refractivity contribution in [3.63, 3.8) is 0 Å². The molecule has 3 aromatic rings. The first kappa shape index (κ1) is 14.0. The smallest absolute Gasteiger partial charge is 0.118 e. The molecule has 102 valence electrons. The summed E-state index contributed by atoms with van der Waals surface area (Å²) in [6.45, 7) is 0. The molecule has 1 aromatic heterocycles. The summed E-state index contributed by atoms with van der Waals surface area (Å²) >= 11 is 0. The van der Waals surface area contributed by atoms with Gasteiger partial charge in [0.15, 0.2) is 0 Å². The molecule has 0 aliphatic carbocycles. The first-order valence-corrected chi connectivity index (χ1v) is 6.32. The van der Waals surface area contributed by atoms with Crippen LogP contribution < -0.4 is 4.74 Å². The highest BCUT2D eigenvalue weighted by Crippen LogP contribution is 2.20. The zero-order valence-electron chi connectivity index (χ0n) is 11.3. The molecule has 0 amide bonds. The number of hydrogen-bond acceptors (Lipinski definition) is 2. The summed E-state index contributed by atoms with van der Waals surface area (Å²) in [7, 11) is 1.68. The van der Waals surface area contributed by atoms with Crippen molar-refractivity contribution in [1.82, 2.24) is 4.98 Å². The van der Waals surface area contributed by atoms with E-state index in [1.54, 1.807) is 7.11 Å². The number of benzene rings is 2. The SMILES string of the molecule is COc1ccc(Cc2nccc3ccccc23)cc1.O. The summed E-state index contributed by atoms with van der Waals surface area (Å²) in [6, 6.07) is 18.6.